The first-order valence-corrected chi connectivity index (χ1v) is 9.05. The zero-order valence-electron chi connectivity index (χ0n) is 13.6. The largest absolute Gasteiger partial charge is 0.481 e. The van der Waals surface area contributed by atoms with E-state index < -0.39 is 11.4 Å². The van der Waals surface area contributed by atoms with Crippen molar-refractivity contribution in [3.05, 3.63) is 0 Å². The van der Waals surface area contributed by atoms with E-state index >= 15 is 0 Å². The second-order valence-corrected chi connectivity index (χ2v) is 7.06. The highest BCUT2D eigenvalue weighted by molar-refractivity contribution is 5.76. The first kappa shape index (κ1) is 16.8. The highest BCUT2D eigenvalue weighted by Crippen LogP contribution is 2.50. The molecule has 0 bridgehead atoms. The van der Waals surface area contributed by atoms with E-state index in [4.69, 9.17) is 4.74 Å². The van der Waals surface area contributed by atoms with Crippen LogP contribution in [-0.4, -0.2) is 23.8 Å². The number of carboxylic acids is 1. The van der Waals surface area contributed by atoms with Gasteiger partial charge in [-0.3, -0.25) is 4.79 Å². The number of aliphatic carboxylic acids is 1. The molecular weight excluding hydrogens is 264 g/mol. The molecule has 2 rings (SSSR count). The summed E-state index contributed by atoms with van der Waals surface area (Å²) in [7, 11) is 0. The van der Waals surface area contributed by atoms with Crippen molar-refractivity contribution in [3.63, 3.8) is 0 Å². The van der Waals surface area contributed by atoms with Crippen LogP contribution in [0.5, 0.6) is 0 Å². The number of ether oxygens (including phenoxy) is 1. The van der Waals surface area contributed by atoms with Crippen LogP contribution in [-0.2, 0) is 9.53 Å². The molecule has 21 heavy (non-hydrogen) atoms. The molecule has 2 fully saturated rings. The number of carboxylic acid groups (broad SMARTS) is 1. The second-order valence-electron chi connectivity index (χ2n) is 7.06. The lowest BCUT2D eigenvalue weighted by Crippen LogP contribution is -2.40. The van der Waals surface area contributed by atoms with Crippen LogP contribution in [0.2, 0.25) is 0 Å². The van der Waals surface area contributed by atoms with Crippen molar-refractivity contribution in [1.82, 2.24) is 0 Å². The van der Waals surface area contributed by atoms with Gasteiger partial charge in [0.15, 0.2) is 0 Å². The Morgan fingerprint density at radius 3 is 2.29 bits per heavy atom. The fourth-order valence-electron chi connectivity index (χ4n) is 3.83. The minimum atomic E-state index is -0.611. The van der Waals surface area contributed by atoms with Crippen LogP contribution in [0.15, 0.2) is 0 Å². The molecule has 3 nitrogen and oxygen atoms in total. The molecule has 1 aliphatic heterocycles. The van der Waals surface area contributed by atoms with Crippen molar-refractivity contribution in [3.8, 4) is 0 Å². The molecular formula is C18H32O3. The van der Waals surface area contributed by atoms with Gasteiger partial charge in [-0.25, -0.2) is 0 Å². The average molecular weight is 296 g/mol. The van der Waals surface area contributed by atoms with E-state index in [1.54, 1.807) is 0 Å². The van der Waals surface area contributed by atoms with Gasteiger partial charge in [-0.05, 0) is 31.6 Å². The first-order valence-electron chi connectivity index (χ1n) is 9.05. The van der Waals surface area contributed by atoms with Crippen LogP contribution in [0, 0.1) is 11.3 Å². The molecule has 0 aromatic carbocycles. The third-order valence-electron chi connectivity index (χ3n) is 5.34. The molecule has 2 aliphatic rings. The Bertz CT molecular complexity index is 324. The minimum Gasteiger partial charge on any atom is -0.481 e. The first-order chi connectivity index (χ1) is 10.2. The van der Waals surface area contributed by atoms with E-state index in [1.807, 2.05) is 0 Å². The van der Waals surface area contributed by atoms with Crippen molar-refractivity contribution in [2.45, 2.75) is 90.1 Å². The van der Waals surface area contributed by atoms with Gasteiger partial charge in [-0.1, -0.05) is 58.3 Å². The molecule has 0 aromatic heterocycles. The van der Waals surface area contributed by atoms with Crippen LogP contribution >= 0.6 is 0 Å². The fourth-order valence-corrected chi connectivity index (χ4v) is 3.83. The van der Waals surface area contributed by atoms with Gasteiger partial charge >= 0.3 is 5.97 Å². The van der Waals surface area contributed by atoms with Crippen LogP contribution in [0.1, 0.15) is 84.0 Å². The predicted octanol–water partition coefficient (Wildman–Crippen LogP) is 4.79. The molecule has 1 saturated carbocycles. The lowest BCUT2D eigenvalue weighted by Gasteiger charge is -2.30. The van der Waals surface area contributed by atoms with Gasteiger partial charge in [0.25, 0.3) is 0 Å². The molecule has 1 N–H and O–H groups in total. The number of hydrogen-bond donors (Lipinski definition) is 1. The Morgan fingerprint density at radius 1 is 1.10 bits per heavy atom. The zero-order valence-corrected chi connectivity index (χ0v) is 13.6. The normalized spacial score (nSPS) is 28.9. The summed E-state index contributed by atoms with van der Waals surface area (Å²) in [6.07, 6.45) is 14.0. The topological polar surface area (TPSA) is 46.5 Å². The maximum absolute atomic E-state index is 11.8. The lowest BCUT2D eigenvalue weighted by atomic mass is 9.75. The van der Waals surface area contributed by atoms with Crippen molar-refractivity contribution in [2.75, 3.05) is 6.61 Å². The highest BCUT2D eigenvalue weighted by atomic mass is 16.5. The third-order valence-corrected chi connectivity index (χ3v) is 5.34. The summed E-state index contributed by atoms with van der Waals surface area (Å²) in [5.74, 6) is -0.0857. The Kier molecular flexibility index (Phi) is 6.53. The summed E-state index contributed by atoms with van der Waals surface area (Å²) in [6.45, 7) is 2.88. The number of carbonyl (C=O) groups is 1. The van der Waals surface area contributed by atoms with Gasteiger partial charge in [0.05, 0.1) is 11.5 Å². The van der Waals surface area contributed by atoms with E-state index in [9.17, 15) is 9.90 Å². The minimum absolute atomic E-state index is 0.000413. The third kappa shape index (κ3) is 4.45. The average Bonchev–Trinajstić information content (AvgIpc) is 3.22. The molecule has 1 aliphatic carbocycles. The number of unbranched alkanes of at least 4 members (excludes halogenated alkanes) is 7. The standard InChI is InChI=1S/C18H32O3/c1-2-3-4-5-6-7-8-9-12-18(17(19)20)13-14-21-16(18)15-10-11-15/h15-16H,2-14H2,1H3,(H,19,20). The van der Waals surface area contributed by atoms with Gasteiger partial charge in [-0.2, -0.15) is 0 Å². The summed E-state index contributed by atoms with van der Waals surface area (Å²) in [5.41, 5.74) is -0.566. The van der Waals surface area contributed by atoms with Crippen molar-refractivity contribution >= 4 is 5.97 Å². The van der Waals surface area contributed by atoms with E-state index in [0.29, 0.717) is 12.5 Å². The smallest absolute Gasteiger partial charge is 0.312 e. The summed E-state index contributed by atoms with van der Waals surface area (Å²) >= 11 is 0. The number of rotatable bonds is 11. The van der Waals surface area contributed by atoms with Crippen molar-refractivity contribution < 1.29 is 14.6 Å². The molecule has 2 atom stereocenters. The van der Waals surface area contributed by atoms with E-state index in [0.717, 1.165) is 32.1 Å². The molecule has 0 radical (unpaired) electrons. The summed E-state index contributed by atoms with van der Waals surface area (Å²) in [5, 5.41) is 9.73. The molecule has 3 heteroatoms. The fraction of sp³-hybridized carbons (Fsp3) is 0.944. The zero-order chi connectivity index (χ0) is 15.1. The molecule has 122 valence electrons. The quantitative estimate of drug-likeness (QED) is 0.558. The Morgan fingerprint density at radius 2 is 1.71 bits per heavy atom. The summed E-state index contributed by atoms with van der Waals surface area (Å²) in [4.78, 5) is 11.8. The Hall–Kier alpha value is -0.570. The van der Waals surface area contributed by atoms with E-state index in [-0.39, 0.29) is 6.10 Å². The lowest BCUT2D eigenvalue weighted by molar-refractivity contribution is -0.154. The molecule has 1 heterocycles. The second kappa shape index (κ2) is 8.17. The molecule has 0 amide bonds. The highest BCUT2D eigenvalue weighted by Gasteiger charge is 2.55. The van der Waals surface area contributed by atoms with Crippen LogP contribution in [0.25, 0.3) is 0 Å². The molecule has 0 spiro atoms. The maximum Gasteiger partial charge on any atom is 0.312 e. The van der Waals surface area contributed by atoms with Crippen molar-refractivity contribution in [2.24, 2.45) is 11.3 Å². The molecule has 0 aromatic rings. The van der Waals surface area contributed by atoms with Crippen LogP contribution in [0.4, 0.5) is 0 Å². The molecule has 2 unspecified atom stereocenters. The summed E-state index contributed by atoms with van der Waals surface area (Å²) in [6, 6.07) is 0. The Labute approximate surface area is 129 Å². The van der Waals surface area contributed by atoms with Gasteiger partial charge in [0.1, 0.15) is 0 Å². The van der Waals surface area contributed by atoms with Gasteiger partial charge in [0.2, 0.25) is 0 Å². The van der Waals surface area contributed by atoms with Crippen molar-refractivity contribution in [1.29, 1.82) is 0 Å². The van der Waals surface area contributed by atoms with E-state index in [2.05, 4.69) is 6.92 Å². The monoisotopic (exact) mass is 296 g/mol. The SMILES string of the molecule is CCCCCCCCCCC1(C(=O)O)CCOC1C1CC1. The summed E-state index contributed by atoms with van der Waals surface area (Å²) < 4.78 is 5.80. The van der Waals surface area contributed by atoms with E-state index in [1.165, 1.54) is 44.9 Å². The van der Waals surface area contributed by atoms with Gasteiger partial charge < -0.3 is 9.84 Å². The number of hydrogen-bond acceptors (Lipinski definition) is 2. The Balaban J connectivity index is 1.68. The van der Waals surface area contributed by atoms with Crippen LogP contribution in [0.3, 0.4) is 0 Å². The van der Waals surface area contributed by atoms with Crippen LogP contribution < -0.4 is 0 Å². The van der Waals surface area contributed by atoms with Gasteiger partial charge in [0, 0.05) is 6.61 Å². The molecule has 1 saturated heterocycles. The van der Waals surface area contributed by atoms with Gasteiger partial charge in [-0.15, -0.1) is 0 Å². The maximum atomic E-state index is 11.8. The predicted molar refractivity (Wildman–Crippen MR) is 84.4 cm³/mol.